The van der Waals surface area contributed by atoms with Gasteiger partial charge < -0.3 is 10.0 Å². The van der Waals surface area contributed by atoms with E-state index in [0.717, 1.165) is 13.1 Å². The molecule has 0 saturated carbocycles. The van der Waals surface area contributed by atoms with Gasteiger partial charge in [0.15, 0.2) is 0 Å². The first-order chi connectivity index (χ1) is 11.2. The van der Waals surface area contributed by atoms with Crippen LogP contribution in [0.1, 0.15) is 17.2 Å². The summed E-state index contributed by atoms with van der Waals surface area (Å²) in [6, 6.07) is 14.8. The van der Waals surface area contributed by atoms with E-state index in [4.69, 9.17) is 0 Å². The van der Waals surface area contributed by atoms with E-state index in [9.17, 15) is 5.11 Å². The largest absolute Gasteiger partial charge is 0.394 e. The Morgan fingerprint density at radius 1 is 1.22 bits per heavy atom. The first-order valence-corrected chi connectivity index (χ1v) is 8.27. The molecular formula is C19H23N3O. The summed E-state index contributed by atoms with van der Waals surface area (Å²) in [4.78, 5) is 6.67. The van der Waals surface area contributed by atoms with Crippen molar-refractivity contribution in [2.45, 2.75) is 11.6 Å². The van der Waals surface area contributed by atoms with Crippen LogP contribution in [0.25, 0.3) is 0 Å². The number of nitrogens with one attached hydrogen (secondary N) is 1. The number of rotatable bonds is 3. The molecule has 4 atom stereocenters. The van der Waals surface area contributed by atoms with E-state index in [0.29, 0.717) is 11.8 Å². The lowest BCUT2D eigenvalue weighted by Gasteiger charge is -2.35. The monoisotopic (exact) mass is 309 g/mol. The minimum Gasteiger partial charge on any atom is -0.394 e. The standard InChI is InChI=1S/C19H23N3O/c1-22-11-16-17(12-22)19(13-23,15-7-3-2-4-8-15)21-18(16)14-6-5-9-20-10-14/h2-10,16-18,21,23H,11-13H2,1H3/t16-,17+,18-,19-/m1/s1. The van der Waals surface area contributed by atoms with Gasteiger partial charge in [0.1, 0.15) is 0 Å². The summed E-state index contributed by atoms with van der Waals surface area (Å²) >= 11 is 0. The van der Waals surface area contributed by atoms with Crippen LogP contribution in [0, 0.1) is 11.8 Å². The zero-order chi connectivity index (χ0) is 15.9. The lowest BCUT2D eigenvalue weighted by atomic mass is 9.76. The Bertz CT molecular complexity index is 663. The van der Waals surface area contributed by atoms with Crippen molar-refractivity contribution in [2.75, 3.05) is 26.7 Å². The van der Waals surface area contributed by atoms with E-state index in [1.807, 2.05) is 24.5 Å². The molecule has 2 N–H and O–H groups in total. The van der Waals surface area contributed by atoms with Crippen LogP contribution in [0.3, 0.4) is 0 Å². The fourth-order valence-electron chi connectivity index (χ4n) is 4.56. The molecule has 0 amide bonds. The maximum Gasteiger partial charge on any atom is 0.0718 e. The highest BCUT2D eigenvalue weighted by molar-refractivity contribution is 5.33. The average molecular weight is 309 g/mol. The summed E-state index contributed by atoms with van der Waals surface area (Å²) in [6.07, 6.45) is 3.76. The third-order valence-electron chi connectivity index (χ3n) is 5.60. The molecule has 4 heteroatoms. The van der Waals surface area contributed by atoms with Gasteiger partial charge in [-0.05, 0) is 30.2 Å². The Kier molecular flexibility index (Phi) is 3.68. The fraction of sp³-hybridized carbons (Fsp3) is 0.421. The summed E-state index contributed by atoms with van der Waals surface area (Å²) < 4.78 is 0. The van der Waals surface area contributed by atoms with Gasteiger partial charge in [-0.15, -0.1) is 0 Å². The van der Waals surface area contributed by atoms with E-state index in [1.54, 1.807) is 0 Å². The topological polar surface area (TPSA) is 48.4 Å². The van der Waals surface area contributed by atoms with Crippen molar-refractivity contribution in [3.8, 4) is 0 Å². The normalized spacial score (nSPS) is 33.7. The van der Waals surface area contributed by atoms with Gasteiger partial charge in [0.2, 0.25) is 0 Å². The predicted octanol–water partition coefficient (Wildman–Crippen LogP) is 1.79. The quantitative estimate of drug-likeness (QED) is 0.907. The minimum absolute atomic E-state index is 0.114. The Labute approximate surface area is 137 Å². The van der Waals surface area contributed by atoms with Crippen LogP contribution in [0.5, 0.6) is 0 Å². The Balaban J connectivity index is 1.79. The molecule has 4 nitrogen and oxygen atoms in total. The van der Waals surface area contributed by atoms with E-state index >= 15 is 0 Å². The SMILES string of the molecule is CN1C[C@H]2[C@@H](c3cccnc3)N[C@](CO)(c3ccccc3)[C@H]2C1. The van der Waals surface area contributed by atoms with Crippen LogP contribution >= 0.6 is 0 Å². The Morgan fingerprint density at radius 3 is 2.74 bits per heavy atom. The molecule has 0 unspecified atom stereocenters. The maximum atomic E-state index is 10.4. The highest BCUT2D eigenvalue weighted by Gasteiger charge is 2.56. The number of likely N-dealkylation sites (tertiary alicyclic amines) is 1. The molecule has 2 aromatic rings. The van der Waals surface area contributed by atoms with Crippen molar-refractivity contribution < 1.29 is 5.11 Å². The highest BCUT2D eigenvalue weighted by Crippen LogP contribution is 2.50. The summed E-state index contributed by atoms with van der Waals surface area (Å²) in [7, 11) is 2.17. The summed E-state index contributed by atoms with van der Waals surface area (Å²) in [5, 5.41) is 14.2. The van der Waals surface area contributed by atoms with Gasteiger partial charge in [0, 0.05) is 37.4 Å². The Morgan fingerprint density at radius 2 is 2.04 bits per heavy atom. The highest BCUT2D eigenvalue weighted by atomic mass is 16.3. The van der Waals surface area contributed by atoms with Crippen LogP contribution in [0.4, 0.5) is 0 Å². The third kappa shape index (κ3) is 2.29. The number of aliphatic hydroxyl groups excluding tert-OH is 1. The molecule has 3 heterocycles. The Hall–Kier alpha value is -1.75. The number of benzene rings is 1. The van der Waals surface area contributed by atoms with Gasteiger partial charge in [-0.1, -0.05) is 36.4 Å². The molecule has 2 aliphatic rings. The number of fused-ring (bicyclic) bond motifs is 1. The van der Waals surface area contributed by atoms with E-state index in [-0.39, 0.29) is 18.2 Å². The molecule has 0 spiro atoms. The summed E-state index contributed by atoms with van der Waals surface area (Å²) in [5.41, 5.74) is 2.01. The van der Waals surface area contributed by atoms with Gasteiger partial charge in [0.05, 0.1) is 12.1 Å². The predicted molar refractivity (Wildman–Crippen MR) is 89.8 cm³/mol. The molecule has 2 aliphatic heterocycles. The lowest BCUT2D eigenvalue weighted by molar-refractivity contribution is 0.129. The number of nitrogens with zero attached hydrogens (tertiary/aromatic N) is 2. The van der Waals surface area contributed by atoms with Crippen molar-refractivity contribution in [3.63, 3.8) is 0 Å². The van der Waals surface area contributed by atoms with E-state index in [2.05, 4.69) is 52.6 Å². The van der Waals surface area contributed by atoms with Crippen LogP contribution in [0.2, 0.25) is 0 Å². The third-order valence-corrected chi connectivity index (χ3v) is 5.60. The molecule has 120 valence electrons. The minimum atomic E-state index is -0.378. The van der Waals surface area contributed by atoms with Crippen LogP contribution in [-0.2, 0) is 5.54 Å². The summed E-state index contributed by atoms with van der Waals surface area (Å²) in [6.45, 7) is 2.17. The number of pyridine rings is 1. The molecule has 2 fully saturated rings. The zero-order valence-electron chi connectivity index (χ0n) is 13.4. The molecule has 2 saturated heterocycles. The molecule has 0 bridgehead atoms. The summed E-state index contributed by atoms with van der Waals surface area (Å²) in [5.74, 6) is 0.877. The number of hydrogen-bond acceptors (Lipinski definition) is 4. The number of hydrogen-bond donors (Lipinski definition) is 2. The second-order valence-corrected chi connectivity index (χ2v) is 6.90. The van der Waals surface area contributed by atoms with Crippen molar-refractivity contribution in [1.29, 1.82) is 0 Å². The van der Waals surface area contributed by atoms with Crippen LogP contribution in [0.15, 0.2) is 54.9 Å². The second-order valence-electron chi connectivity index (χ2n) is 6.90. The van der Waals surface area contributed by atoms with Gasteiger partial charge in [-0.25, -0.2) is 0 Å². The molecule has 23 heavy (non-hydrogen) atoms. The van der Waals surface area contributed by atoms with Gasteiger partial charge in [-0.2, -0.15) is 0 Å². The first-order valence-electron chi connectivity index (χ1n) is 8.27. The van der Waals surface area contributed by atoms with Crippen molar-refractivity contribution >= 4 is 0 Å². The van der Waals surface area contributed by atoms with E-state index < -0.39 is 0 Å². The molecule has 0 aliphatic carbocycles. The van der Waals surface area contributed by atoms with Gasteiger partial charge in [0.25, 0.3) is 0 Å². The number of aliphatic hydroxyl groups is 1. The number of aromatic nitrogens is 1. The molecule has 4 rings (SSSR count). The molecular weight excluding hydrogens is 286 g/mol. The van der Waals surface area contributed by atoms with Crippen molar-refractivity contribution in [1.82, 2.24) is 15.2 Å². The first kappa shape index (κ1) is 14.8. The van der Waals surface area contributed by atoms with Crippen LogP contribution < -0.4 is 5.32 Å². The second kappa shape index (κ2) is 5.71. The van der Waals surface area contributed by atoms with Crippen LogP contribution in [-0.4, -0.2) is 41.7 Å². The van der Waals surface area contributed by atoms with Gasteiger partial charge >= 0.3 is 0 Å². The molecule has 1 aromatic carbocycles. The lowest BCUT2D eigenvalue weighted by Crippen LogP contribution is -2.47. The smallest absolute Gasteiger partial charge is 0.0718 e. The van der Waals surface area contributed by atoms with Crippen molar-refractivity contribution in [2.24, 2.45) is 11.8 Å². The average Bonchev–Trinajstić information content (AvgIpc) is 3.13. The zero-order valence-corrected chi connectivity index (χ0v) is 13.4. The molecule has 0 radical (unpaired) electrons. The van der Waals surface area contributed by atoms with E-state index in [1.165, 1.54) is 11.1 Å². The van der Waals surface area contributed by atoms with Gasteiger partial charge in [-0.3, -0.25) is 10.3 Å². The van der Waals surface area contributed by atoms with Crippen molar-refractivity contribution in [3.05, 3.63) is 66.0 Å². The maximum absolute atomic E-state index is 10.4. The molecule has 1 aromatic heterocycles. The fourth-order valence-corrected chi connectivity index (χ4v) is 4.56.